The van der Waals surface area contributed by atoms with Gasteiger partial charge in [0, 0.05) is 17.4 Å². The van der Waals surface area contributed by atoms with Crippen molar-refractivity contribution in [1.29, 1.82) is 0 Å². The maximum absolute atomic E-state index is 11.4. The first-order chi connectivity index (χ1) is 9.66. The molecule has 2 rings (SSSR count). The molecule has 0 aliphatic heterocycles. The molecular weight excluding hydrogens is 306 g/mol. The summed E-state index contributed by atoms with van der Waals surface area (Å²) < 4.78 is 28.5. The molecule has 0 spiro atoms. The summed E-state index contributed by atoms with van der Waals surface area (Å²) in [5, 5.41) is 0.632. The molecule has 0 bridgehead atoms. The van der Waals surface area contributed by atoms with Crippen molar-refractivity contribution in [3.63, 3.8) is 0 Å². The second-order valence-corrected chi connectivity index (χ2v) is 8.89. The molecule has 0 saturated carbocycles. The summed E-state index contributed by atoms with van der Waals surface area (Å²) in [5.41, 5.74) is 0.978. The van der Waals surface area contributed by atoms with E-state index in [0.29, 0.717) is 15.9 Å². The van der Waals surface area contributed by atoms with Crippen molar-refractivity contribution in [3.05, 3.63) is 41.8 Å². The lowest BCUT2D eigenvalue weighted by atomic mass is 9.94. The van der Waals surface area contributed by atoms with Gasteiger partial charge in [0.25, 0.3) is 5.22 Å². The molecule has 21 heavy (non-hydrogen) atoms. The molecule has 0 fully saturated rings. The smallest absolute Gasteiger partial charge is 0.256 e. The normalized spacial score (nSPS) is 12.6. The Morgan fingerprint density at radius 2 is 1.81 bits per heavy atom. The van der Waals surface area contributed by atoms with Crippen LogP contribution in [0.2, 0.25) is 0 Å². The summed E-state index contributed by atoms with van der Waals surface area (Å²) in [6.07, 6.45) is 2.96. The zero-order chi connectivity index (χ0) is 15.7. The van der Waals surface area contributed by atoms with Crippen LogP contribution in [0.4, 0.5) is 0 Å². The number of hydrogen-bond donors (Lipinski definition) is 0. The molecule has 1 aromatic carbocycles. The summed E-state index contributed by atoms with van der Waals surface area (Å²) in [6, 6.07) is 6.89. The van der Waals surface area contributed by atoms with Crippen molar-refractivity contribution in [2.75, 3.05) is 6.26 Å². The van der Waals surface area contributed by atoms with E-state index in [1.54, 1.807) is 18.3 Å². The van der Waals surface area contributed by atoms with Crippen LogP contribution in [-0.4, -0.2) is 19.7 Å². The van der Waals surface area contributed by atoms with Gasteiger partial charge >= 0.3 is 0 Å². The van der Waals surface area contributed by atoms with Crippen molar-refractivity contribution in [2.45, 2.75) is 42.1 Å². The van der Waals surface area contributed by atoms with Crippen molar-refractivity contribution in [1.82, 2.24) is 4.98 Å². The number of hydrogen-bond acceptors (Lipinski definition) is 5. The fourth-order valence-electron chi connectivity index (χ4n) is 1.65. The average molecular weight is 325 g/mol. The number of aromatic nitrogens is 1. The van der Waals surface area contributed by atoms with E-state index in [2.05, 4.69) is 25.8 Å². The van der Waals surface area contributed by atoms with Gasteiger partial charge in [0.15, 0.2) is 9.84 Å². The molecule has 0 saturated heterocycles. The van der Waals surface area contributed by atoms with Crippen LogP contribution in [0, 0.1) is 0 Å². The van der Waals surface area contributed by atoms with Crippen LogP contribution in [0.5, 0.6) is 0 Å². The molecule has 0 aliphatic rings. The lowest BCUT2D eigenvalue weighted by Gasteiger charge is -2.12. The third-order valence-corrected chi connectivity index (χ3v) is 4.98. The molecule has 2 aromatic rings. The number of oxazole rings is 1. The Morgan fingerprint density at radius 1 is 1.19 bits per heavy atom. The molecule has 0 amide bonds. The Labute approximate surface area is 129 Å². The lowest BCUT2D eigenvalue weighted by molar-refractivity contribution is 0.355. The van der Waals surface area contributed by atoms with Gasteiger partial charge in [0.2, 0.25) is 0 Å². The highest BCUT2D eigenvalue weighted by atomic mass is 32.2. The minimum Gasteiger partial charge on any atom is -0.436 e. The average Bonchev–Trinajstić information content (AvgIpc) is 2.84. The Kier molecular flexibility index (Phi) is 4.49. The molecule has 0 radical (unpaired) electrons. The third-order valence-electron chi connectivity index (χ3n) is 2.94. The highest BCUT2D eigenvalue weighted by molar-refractivity contribution is 7.98. The molecule has 0 N–H and O–H groups in total. The van der Waals surface area contributed by atoms with E-state index in [-0.39, 0.29) is 5.41 Å². The van der Waals surface area contributed by atoms with Gasteiger partial charge in [-0.25, -0.2) is 13.4 Å². The van der Waals surface area contributed by atoms with Gasteiger partial charge in [-0.2, -0.15) is 0 Å². The number of rotatable bonds is 4. The Balaban J connectivity index is 2.02. The largest absolute Gasteiger partial charge is 0.436 e. The van der Waals surface area contributed by atoms with Gasteiger partial charge in [-0.3, -0.25) is 0 Å². The van der Waals surface area contributed by atoms with Crippen LogP contribution < -0.4 is 0 Å². The summed E-state index contributed by atoms with van der Waals surface area (Å²) >= 11 is 1.50. The van der Waals surface area contributed by atoms with Crippen molar-refractivity contribution >= 4 is 21.6 Å². The van der Waals surface area contributed by atoms with Gasteiger partial charge in [-0.05, 0) is 17.7 Å². The molecule has 0 unspecified atom stereocenters. The van der Waals surface area contributed by atoms with Gasteiger partial charge < -0.3 is 4.42 Å². The van der Waals surface area contributed by atoms with Crippen molar-refractivity contribution in [3.8, 4) is 0 Å². The molecule has 0 aliphatic carbocycles. The monoisotopic (exact) mass is 325 g/mol. The first-order valence-electron chi connectivity index (χ1n) is 6.54. The molecule has 0 atom stereocenters. The molecule has 114 valence electrons. The Hall–Kier alpha value is -1.27. The van der Waals surface area contributed by atoms with Crippen LogP contribution in [0.3, 0.4) is 0 Å². The quantitative estimate of drug-likeness (QED) is 0.803. The zero-order valence-electron chi connectivity index (χ0n) is 12.6. The highest BCUT2D eigenvalue weighted by Crippen LogP contribution is 2.28. The van der Waals surface area contributed by atoms with Crippen LogP contribution in [0.1, 0.15) is 32.1 Å². The number of thioether (sulfide) groups is 1. The van der Waals surface area contributed by atoms with Crippen molar-refractivity contribution < 1.29 is 12.8 Å². The maximum Gasteiger partial charge on any atom is 0.256 e. The van der Waals surface area contributed by atoms with E-state index in [4.69, 9.17) is 4.42 Å². The number of nitrogens with zero attached hydrogens (tertiary/aromatic N) is 1. The second-order valence-electron chi connectivity index (χ2n) is 5.95. The first-order valence-corrected chi connectivity index (χ1v) is 9.42. The van der Waals surface area contributed by atoms with Crippen LogP contribution in [-0.2, 0) is 21.0 Å². The van der Waals surface area contributed by atoms with Crippen LogP contribution in [0.25, 0.3) is 0 Å². The number of sulfone groups is 1. The topological polar surface area (TPSA) is 60.2 Å². The van der Waals surface area contributed by atoms with Gasteiger partial charge in [-0.15, -0.1) is 0 Å². The van der Waals surface area contributed by atoms with E-state index < -0.39 is 9.84 Å². The molecular formula is C15H19NO3S2. The summed E-state index contributed by atoms with van der Waals surface area (Å²) in [4.78, 5) is 4.59. The van der Waals surface area contributed by atoms with E-state index in [9.17, 15) is 8.42 Å². The Morgan fingerprint density at radius 3 is 2.29 bits per heavy atom. The minimum absolute atomic E-state index is 0.0526. The van der Waals surface area contributed by atoms with Crippen LogP contribution in [0.15, 0.2) is 45.0 Å². The van der Waals surface area contributed by atoms with Gasteiger partial charge in [-0.1, -0.05) is 44.7 Å². The first kappa shape index (κ1) is 16.1. The molecule has 6 heteroatoms. The van der Waals surface area contributed by atoms with Crippen molar-refractivity contribution in [2.24, 2.45) is 0 Å². The standard InChI is InChI=1S/C15H19NO3S2/c1-15(2,3)13-9-16-14(19-13)20-10-11-5-7-12(8-6-11)21(4,17)18/h5-9H,10H2,1-4H3. The highest BCUT2D eigenvalue weighted by Gasteiger charge is 2.19. The number of benzene rings is 1. The fraction of sp³-hybridized carbons (Fsp3) is 0.400. The van der Waals surface area contributed by atoms with Gasteiger partial charge in [0.1, 0.15) is 5.76 Å². The van der Waals surface area contributed by atoms with E-state index >= 15 is 0 Å². The Bertz CT molecular complexity index is 710. The van der Waals surface area contributed by atoms with E-state index in [1.165, 1.54) is 18.0 Å². The molecule has 1 aromatic heterocycles. The lowest BCUT2D eigenvalue weighted by Crippen LogP contribution is -2.09. The minimum atomic E-state index is -3.14. The summed E-state index contributed by atoms with van der Waals surface area (Å²) in [6.45, 7) is 6.23. The second kappa shape index (κ2) is 5.85. The van der Waals surface area contributed by atoms with Gasteiger partial charge in [0.05, 0.1) is 11.1 Å². The summed E-state index contributed by atoms with van der Waals surface area (Å²) in [5.74, 6) is 1.55. The summed E-state index contributed by atoms with van der Waals surface area (Å²) in [7, 11) is -3.14. The van der Waals surface area contributed by atoms with E-state index in [1.807, 2.05) is 12.1 Å². The van der Waals surface area contributed by atoms with E-state index in [0.717, 1.165) is 11.3 Å². The fourth-order valence-corrected chi connectivity index (χ4v) is 3.04. The maximum atomic E-state index is 11.4. The molecule has 4 nitrogen and oxygen atoms in total. The zero-order valence-corrected chi connectivity index (χ0v) is 14.2. The predicted octanol–water partition coefficient (Wildman–Crippen LogP) is 3.67. The molecule has 1 heterocycles. The third kappa shape index (κ3) is 4.35. The SMILES string of the molecule is CC(C)(C)c1cnc(SCc2ccc(S(C)(=O)=O)cc2)o1. The predicted molar refractivity (Wildman–Crippen MR) is 84.3 cm³/mol. The van der Waals surface area contributed by atoms with Crippen LogP contribution >= 0.6 is 11.8 Å².